The molecule has 0 aliphatic rings. The molecule has 0 amide bonds. The Kier molecular flexibility index (Phi) is 3.19. The molecule has 0 saturated carbocycles. The number of rotatable bonds is 2. The highest BCUT2D eigenvalue weighted by Crippen LogP contribution is 2.28. The van der Waals surface area contributed by atoms with E-state index in [0.717, 1.165) is 0 Å². The molecule has 1 N–H and O–H groups in total. The molecule has 0 saturated heterocycles. The van der Waals surface area contributed by atoms with E-state index in [1.54, 1.807) is 0 Å². The van der Waals surface area contributed by atoms with Crippen molar-refractivity contribution in [1.82, 2.24) is 0 Å². The van der Waals surface area contributed by atoms with Gasteiger partial charge in [-0.15, -0.1) is 0 Å². The fourth-order valence-electron chi connectivity index (χ4n) is 2.11. The Bertz CT molecular complexity index is 541. The van der Waals surface area contributed by atoms with Crippen LogP contribution in [0.2, 0.25) is 0 Å². The van der Waals surface area contributed by atoms with Gasteiger partial charge in [-0.2, -0.15) is 0 Å². The van der Waals surface area contributed by atoms with Crippen LogP contribution in [0.5, 0.6) is 0 Å². The van der Waals surface area contributed by atoms with Gasteiger partial charge in [0, 0.05) is 12.7 Å². The molecular formula is C16H19N. The number of hydrogen-bond donors (Lipinski definition) is 1. The van der Waals surface area contributed by atoms with Gasteiger partial charge < -0.3 is 5.32 Å². The van der Waals surface area contributed by atoms with Crippen LogP contribution >= 0.6 is 0 Å². The van der Waals surface area contributed by atoms with Crippen LogP contribution in [-0.4, -0.2) is 7.05 Å². The molecule has 2 aromatic rings. The maximum Gasteiger partial charge on any atom is 0.0373 e. The monoisotopic (exact) mass is 225 g/mol. The van der Waals surface area contributed by atoms with E-state index in [4.69, 9.17) is 0 Å². The third-order valence-electron chi connectivity index (χ3n) is 3.21. The zero-order valence-corrected chi connectivity index (χ0v) is 11.0. The van der Waals surface area contributed by atoms with E-state index in [1.165, 1.54) is 33.5 Å². The van der Waals surface area contributed by atoms with Gasteiger partial charge in [0.15, 0.2) is 0 Å². The second-order valence-electron chi connectivity index (χ2n) is 4.60. The fraction of sp³-hybridized carbons (Fsp3) is 0.250. The van der Waals surface area contributed by atoms with Crippen molar-refractivity contribution in [3.05, 3.63) is 53.1 Å². The summed E-state index contributed by atoms with van der Waals surface area (Å²) >= 11 is 0. The molecule has 1 heteroatoms. The predicted molar refractivity (Wildman–Crippen MR) is 75.6 cm³/mol. The van der Waals surface area contributed by atoms with Gasteiger partial charge in [0.05, 0.1) is 0 Å². The molecule has 0 bridgehead atoms. The highest BCUT2D eigenvalue weighted by atomic mass is 14.8. The molecule has 0 atom stereocenters. The van der Waals surface area contributed by atoms with E-state index in [2.05, 4.69) is 62.5 Å². The first-order valence-corrected chi connectivity index (χ1v) is 5.98. The molecule has 88 valence electrons. The van der Waals surface area contributed by atoms with Gasteiger partial charge in [-0.05, 0) is 49.1 Å². The Morgan fingerprint density at radius 3 is 2.24 bits per heavy atom. The Hall–Kier alpha value is -1.76. The lowest BCUT2D eigenvalue weighted by atomic mass is 9.97. The number of hydrogen-bond acceptors (Lipinski definition) is 1. The molecule has 1 nitrogen and oxygen atoms in total. The van der Waals surface area contributed by atoms with E-state index in [9.17, 15) is 0 Å². The standard InChI is InChI=1S/C16H19N/c1-11-5-6-12(2)15(9-11)14-8-7-13(3)16(10-14)17-4/h5-10,17H,1-4H3. The van der Waals surface area contributed by atoms with Crippen molar-refractivity contribution in [2.45, 2.75) is 20.8 Å². The van der Waals surface area contributed by atoms with Crippen LogP contribution in [0.3, 0.4) is 0 Å². The topological polar surface area (TPSA) is 12.0 Å². The molecule has 0 aromatic heterocycles. The van der Waals surface area contributed by atoms with E-state index >= 15 is 0 Å². The van der Waals surface area contributed by atoms with Crippen LogP contribution < -0.4 is 5.32 Å². The van der Waals surface area contributed by atoms with Crippen LogP contribution in [0, 0.1) is 20.8 Å². The highest BCUT2D eigenvalue weighted by Gasteiger charge is 2.04. The molecule has 0 radical (unpaired) electrons. The first-order valence-electron chi connectivity index (χ1n) is 5.98. The van der Waals surface area contributed by atoms with E-state index in [0.29, 0.717) is 0 Å². The summed E-state index contributed by atoms with van der Waals surface area (Å²) in [6.07, 6.45) is 0. The maximum absolute atomic E-state index is 3.24. The Morgan fingerprint density at radius 2 is 1.53 bits per heavy atom. The zero-order valence-electron chi connectivity index (χ0n) is 11.0. The van der Waals surface area contributed by atoms with Crippen LogP contribution in [0.25, 0.3) is 11.1 Å². The van der Waals surface area contributed by atoms with Gasteiger partial charge in [-0.1, -0.05) is 35.9 Å². The summed E-state index contributed by atoms with van der Waals surface area (Å²) in [4.78, 5) is 0. The van der Waals surface area contributed by atoms with Crippen LogP contribution in [0.15, 0.2) is 36.4 Å². The summed E-state index contributed by atoms with van der Waals surface area (Å²) in [6.45, 7) is 6.42. The first-order chi connectivity index (χ1) is 8.11. The molecule has 2 rings (SSSR count). The van der Waals surface area contributed by atoms with Crippen LogP contribution in [-0.2, 0) is 0 Å². The zero-order chi connectivity index (χ0) is 12.4. The third-order valence-corrected chi connectivity index (χ3v) is 3.21. The van der Waals surface area contributed by atoms with E-state index in [1.807, 2.05) is 7.05 Å². The summed E-state index contributed by atoms with van der Waals surface area (Å²) in [5, 5.41) is 3.24. The first kappa shape index (κ1) is 11.7. The third kappa shape index (κ3) is 2.33. The molecule has 0 heterocycles. The molecule has 17 heavy (non-hydrogen) atoms. The molecular weight excluding hydrogens is 206 g/mol. The highest BCUT2D eigenvalue weighted by molar-refractivity contribution is 5.72. The summed E-state index contributed by atoms with van der Waals surface area (Å²) in [6, 6.07) is 13.2. The number of nitrogens with one attached hydrogen (secondary N) is 1. The lowest BCUT2D eigenvalue weighted by Gasteiger charge is -2.11. The SMILES string of the molecule is CNc1cc(-c2cc(C)ccc2C)ccc1C. The second kappa shape index (κ2) is 4.62. The average molecular weight is 225 g/mol. The minimum Gasteiger partial charge on any atom is -0.388 e. The van der Waals surface area contributed by atoms with Crippen molar-refractivity contribution < 1.29 is 0 Å². The number of benzene rings is 2. The van der Waals surface area contributed by atoms with Gasteiger partial charge in [-0.25, -0.2) is 0 Å². The van der Waals surface area contributed by atoms with E-state index in [-0.39, 0.29) is 0 Å². The summed E-state index contributed by atoms with van der Waals surface area (Å²) in [7, 11) is 1.97. The predicted octanol–water partition coefficient (Wildman–Crippen LogP) is 4.32. The van der Waals surface area contributed by atoms with Gasteiger partial charge in [0.2, 0.25) is 0 Å². The molecule has 0 spiro atoms. The molecule has 2 aromatic carbocycles. The number of anilines is 1. The average Bonchev–Trinajstić information content (AvgIpc) is 2.33. The summed E-state index contributed by atoms with van der Waals surface area (Å²) in [5.41, 5.74) is 7.70. The van der Waals surface area contributed by atoms with Crippen molar-refractivity contribution in [3.63, 3.8) is 0 Å². The Morgan fingerprint density at radius 1 is 0.824 bits per heavy atom. The van der Waals surface area contributed by atoms with Crippen molar-refractivity contribution in [2.75, 3.05) is 12.4 Å². The molecule has 0 unspecified atom stereocenters. The number of aryl methyl sites for hydroxylation is 3. The smallest absolute Gasteiger partial charge is 0.0373 e. The minimum absolute atomic E-state index is 1.20. The summed E-state index contributed by atoms with van der Waals surface area (Å²) in [5.74, 6) is 0. The second-order valence-corrected chi connectivity index (χ2v) is 4.60. The van der Waals surface area contributed by atoms with Crippen molar-refractivity contribution >= 4 is 5.69 Å². The molecule has 0 aliphatic heterocycles. The lowest BCUT2D eigenvalue weighted by Crippen LogP contribution is -1.93. The lowest BCUT2D eigenvalue weighted by molar-refractivity contribution is 1.37. The van der Waals surface area contributed by atoms with Gasteiger partial charge >= 0.3 is 0 Å². The summed E-state index contributed by atoms with van der Waals surface area (Å²) < 4.78 is 0. The largest absolute Gasteiger partial charge is 0.388 e. The normalized spacial score (nSPS) is 10.4. The molecule has 0 aliphatic carbocycles. The van der Waals surface area contributed by atoms with Gasteiger partial charge in [-0.3, -0.25) is 0 Å². The maximum atomic E-state index is 3.24. The quantitative estimate of drug-likeness (QED) is 0.802. The van der Waals surface area contributed by atoms with Gasteiger partial charge in [0.1, 0.15) is 0 Å². The molecule has 0 fully saturated rings. The Labute approximate surface area is 103 Å². The van der Waals surface area contributed by atoms with E-state index < -0.39 is 0 Å². The fourth-order valence-corrected chi connectivity index (χ4v) is 2.11. The van der Waals surface area contributed by atoms with Crippen molar-refractivity contribution in [3.8, 4) is 11.1 Å². The van der Waals surface area contributed by atoms with Gasteiger partial charge in [0.25, 0.3) is 0 Å². The van der Waals surface area contributed by atoms with Crippen molar-refractivity contribution in [1.29, 1.82) is 0 Å². The van der Waals surface area contributed by atoms with Crippen LogP contribution in [0.4, 0.5) is 5.69 Å². The van der Waals surface area contributed by atoms with Crippen LogP contribution in [0.1, 0.15) is 16.7 Å². The minimum atomic E-state index is 1.20. The van der Waals surface area contributed by atoms with Crippen molar-refractivity contribution in [2.24, 2.45) is 0 Å². The Balaban J connectivity index is 2.56.